The average molecular weight is 477 g/mol. The molecule has 0 radical (unpaired) electrons. The molecular formula is C27H29FN4O3. The summed E-state index contributed by atoms with van der Waals surface area (Å²) in [5.41, 5.74) is 3.01. The minimum atomic E-state index is -1.29. The Balaban J connectivity index is 1.51. The molecular weight excluding hydrogens is 447 g/mol. The van der Waals surface area contributed by atoms with Crippen LogP contribution in [0, 0.1) is 0 Å². The van der Waals surface area contributed by atoms with Crippen molar-refractivity contribution < 1.29 is 18.7 Å². The molecule has 8 heteroatoms. The highest BCUT2D eigenvalue weighted by atomic mass is 19.1. The summed E-state index contributed by atoms with van der Waals surface area (Å²) in [6, 6.07) is 19.5. The van der Waals surface area contributed by atoms with Gasteiger partial charge in [0, 0.05) is 18.7 Å². The Morgan fingerprint density at radius 2 is 1.71 bits per heavy atom. The van der Waals surface area contributed by atoms with Crippen molar-refractivity contribution in [2.24, 2.45) is 0 Å². The van der Waals surface area contributed by atoms with Crippen LogP contribution in [0.25, 0.3) is 0 Å². The zero-order valence-corrected chi connectivity index (χ0v) is 19.8. The highest BCUT2D eigenvalue weighted by Gasteiger charge is 2.40. The third-order valence-corrected chi connectivity index (χ3v) is 6.12. The van der Waals surface area contributed by atoms with Gasteiger partial charge in [-0.25, -0.2) is 4.39 Å². The number of rotatable bonds is 8. The van der Waals surface area contributed by atoms with Gasteiger partial charge in [-0.1, -0.05) is 68.4 Å². The summed E-state index contributed by atoms with van der Waals surface area (Å²) in [5, 5.41) is 10.5. The minimum absolute atomic E-state index is 0.0590. The van der Waals surface area contributed by atoms with Crippen LogP contribution >= 0.6 is 0 Å². The Kier molecular flexibility index (Phi) is 7.70. The van der Waals surface area contributed by atoms with Crippen LogP contribution in [0.5, 0.6) is 5.88 Å². The van der Waals surface area contributed by atoms with Gasteiger partial charge in [-0.2, -0.15) is 5.10 Å². The second-order valence-corrected chi connectivity index (χ2v) is 8.92. The minimum Gasteiger partial charge on any atom is -0.466 e. The monoisotopic (exact) mass is 476 g/mol. The number of benzene rings is 2. The van der Waals surface area contributed by atoms with Gasteiger partial charge in [0.25, 0.3) is 5.91 Å². The quantitative estimate of drug-likeness (QED) is 0.534. The van der Waals surface area contributed by atoms with Crippen LogP contribution in [0.2, 0.25) is 0 Å². The maximum atomic E-state index is 14.4. The fourth-order valence-corrected chi connectivity index (χ4v) is 4.21. The smallest absolute Gasteiger partial charge is 0.261 e. The maximum absolute atomic E-state index is 14.4. The molecule has 1 saturated heterocycles. The van der Waals surface area contributed by atoms with Crippen molar-refractivity contribution >= 4 is 11.8 Å². The lowest BCUT2D eigenvalue weighted by Crippen LogP contribution is -2.48. The summed E-state index contributed by atoms with van der Waals surface area (Å²) in [5.74, 6) is -0.308. The molecule has 2 aromatic carbocycles. The molecule has 3 aromatic rings. The first kappa shape index (κ1) is 24.3. The Morgan fingerprint density at radius 1 is 1.03 bits per heavy atom. The number of carbonyl (C=O) groups is 2. The molecule has 0 aliphatic carbocycles. The van der Waals surface area contributed by atoms with E-state index in [1.165, 1.54) is 16.7 Å². The second-order valence-electron chi connectivity index (χ2n) is 8.92. The number of carbonyl (C=O) groups excluding carboxylic acids is 2. The number of alkyl halides is 1. The number of amides is 2. The lowest BCUT2D eigenvalue weighted by atomic mass is 9.95. The molecule has 3 unspecified atom stereocenters. The summed E-state index contributed by atoms with van der Waals surface area (Å²) in [6.07, 6.45) is 0.144. The van der Waals surface area contributed by atoms with Gasteiger partial charge in [0.2, 0.25) is 11.8 Å². The molecule has 3 atom stereocenters. The van der Waals surface area contributed by atoms with Crippen LogP contribution < -0.4 is 10.1 Å². The molecule has 0 saturated carbocycles. The zero-order valence-electron chi connectivity index (χ0n) is 19.8. The fourth-order valence-electron chi connectivity index (χ4n) is 4.21. The number of halogens is 1. The first-order valence-corrected chi connectivity index (χ1v) is 11.7. The Morgan fingerprint density at radius 3 is 2.37 bits per heavy atom. The molecule has 4 rings (SSSR count). The van der Waals surface area contributed by atoms with E-state index in [9.17, 15) is 14.0 Å². The van der Waals surface area contributed by atoms with Gasteiger partial charge in [0.05, 0.1) is 12.6 Å². The lowest BCUT2D eigenvalue weighted by Gasteiger charge is -2.27. The van der Waals surface area contributed by atoms with Crippen molar-refractivity contribution in [2.75, 3.05) is 13.2 Å². The molecule has 1 fully saturated rings. The number of aromatic nitrogens is 2. The van der Waals surface area contributed by atoms with E-state index < -0.39 is 30.1 Å². The van der Waals surface area contributed by atoms with E-state index in [2.05, 4.69) is 41.5 Å². The standard InChI is InChI=1S/C27H29FN4O3/c1-18(2)19-10-12-21(13-11-19)26(20-7-4-3-5-8-20)30-27(34)23-15-22(28)16-32(23)25(33)17-35-24-9-6-14-29-31-24/h3-14,18,22-23,26H,15-17H2,1-2H3,(H,30,34). The zero-order chi connectivity index (χ0) is 24.8. The predicted molar refractivity (Wildman–Crippen MR) is 129 cm³/mol. The largest absolute Gasteiger partial charge is 0.466 e. The van der Waals surface area contributed by atoms with Gasteiger partial charge in [-0.15, -0.1) is 5.10 Å². The van der Waals surface area contributed by atoms with Gasteiger partial charge >= 0.3 is 0 Å². The summed E-state index contributed by atoms with van der Waals surface area (Å²) in [4.78, 5) is 27.4. The van der Waals surface area contributed by atoms with E-state index in [0.29, 0.717) is 5.92 Å². The van der Waals surface area contributed by atoms with E-state index in [4.69, 9.17) is 4.74 Å². The van der Waals surface area contributed by atoms with Crippen molar-refractivity contribution in [1.82, 2.24) is 20.4 Å². The molecule has 2 heterocycles. The van der Waals surface area contributed by atoms with E-state index in [-0.39, 0.29) is 25.5 Å². The van der Waals surface area contributed by atoms with Crippen molar-refractivity contribution in [1.29, 1.82) is 0 Å². The Hall–Kier alpha value is -3.81. The molecule has 1 aliphatic rings. The van der Waals surface area contributed by atoms with Gasteiger partial charge in [-0.3, -0.25) is 9.59 Å². The highest BCUT2D eigenvalue weighted by molar-refractivity contribution is 5.89. The Labute approximate surface area is 204 Å². The summed E-state index contributed by atoms with van der Waals surface area (Å²) < 4.78 is 19.7. The van der Waals surface area contributed by atoms with Gasteiger partial charge in [0.15, 0.2) is 6.61 Å². The number of nitrogens with zero attached hydrogens (tertiary/aromatic N) is 3. The summed E-state index contributed by atoms with van der Waals surface area (Å²) in [7, 11) is 0. The molecule has 182 valence electrons. The van der Waals surface area contributed by atoms with Gasteiger partial charge in [0.1, 0.15) is 12.2 Å². The molecule has 1 N–H and O–H groups in total. The maximum Gasteiger partial charge on any atom is 0.261 e. The van der Waals surface area contributed by atoms with Crippen LogP contribution in [0.3, 0.4) is 0 Å². The molecule has 1 aromatic heterocycles. The Bertz CT molecular complexity index is 1130. The highest BCUT2D eigenvalue weighted by Crippen LogP contribution is 2.27. The number of likely N-dealkylation sites (tertiary alicyclic amines) is 1. The third kappa shape index (κ3) is 6.01. The first-order chi connectivity index (χ1) is 16.9. The van der Waals surface area contributed by atoms with Gasteiger partial charge < -0.3 is 15.0 Å². The second kappa shape index (κ2) is 11.1. The van der Waals surface area contributed by atoms with Crippen LogP contribution in [0.15, 0.2) is 72.9 Å². The topological polar surface area (TPSA) is 84.4 Å². The summed E-state index contributed by atoms with van der Waals surface area (Å²) in [6.45, 7) is 3.74. The van der Waals surface area contributed by atoms with Crippen molar-refractivity contribution in [3.05, 3.63) is 89.6 Å². The molecule has 0 bridgehead atoms. The first-order valence-electron chi connectivity index (χ1n) is 11.7. The van der Waals surface area contributed by atoms with Crippen molar-refractivity contribution in [2.45, 2.75) is 44.4 Å². The van der Waals surface area contributed by atoms with Crippen molar-refractivity contribution in [3.8, 4) is 5.88 Å². The van der Waals surface area contributed by atoms with E-state index in [1.54, 1.807) is 12.1 Å². The molecule has 7 nitrogen and oxygen atoms in total. The van der Waals surface area contributed by atoms with Gasteiger partial charge in [-0.05, 0) is 28.7 Å². The van der Waals surface area contributed by atoms with Crippen LogP contribution in [0.4, 0.5) is 4.39 Å². The average Bonchev–Trinajstić information content (AvgIpc) is 3.29. The lowest BCUT2D eigenvalue weighted by molar-refractivity contribution is -0.140. The predicted octanol–water partition coefficient (Wildman–Crippen LogP) is 3.82. The van der Waals surface area contributed by atoms with Crippen molar-refractivity contribution in [3.63, 3.8) is 0 Å². The fraction of sp³-hybridized carbons (Fsp3) is 0.333. The molecule has 1 aliphatic heterocycles. The molecule has 35 heavy (non-hydrogen) atoms. The van der Waals surface area contributed by atoms with Crippen LogP contribution in [-0.2, 0) is 9.59 Å². The molecule has 2 amide bonds. The van der Waals surface area contributed by atoms with E-state index >= 15 is 0 Å². The number of hydrogen-bond acceptors (Lipinski definition) is 5. The number of nitrogens with one attached hydrogen (secondary N) is 1. The van der Waals surface area contributed by atoms with Crippen LogP contribution in [0.1, 0.15) is 48.9 Å². The SMILES string of the molecule is CC(C)c1ccc(C(NC(=O)C2CC(F)CN2C(=O)COc2cccnn2)c2ccccc2)cc1. The number of hydrogen-bond donors (Lipinski definition) is 1. The van der Waals surface area contributed by atoms with E-state index in [0.717, 1.165) is 11.1 Å². The normalized spacial score (nSPS) is 18.3. The summed E-state index contributed by atoms with van der Waals surface area (Å²) >= 11 is 0. The van der Waals surface area contributed by atoms with Crippen LogP contribution in [-0.4, -0.2) is 52.3 Å². The third-order valence-electron chi connectivity index (χ3n) is 6.12. The molecule has 0 spiro atoms. The van der Waals surface area contributed by atoms with E-state index in [1.807, 2.05) is 42.5 Å². The number of ether oxygens (including phenoxy) is 1.